The molecule has 0 radical (unpaired) electrons. The normalized spacial score (nSPS) is 16.4. The van der Waals surface area contributed by atoms with E-state index in [9.17, 15) is 0 Å². The summed E-state index contributed by atoms with van der Waals surface area (Å²) in [6, 6.07) is 36.1. The van der Waals surface area contributed by atoms with Crippen molar-refractivity contribution in [1.82, 2.24) is 0 Å². The van der Waals surface area contributed by atoms with Crippen LogP contribution in [-0.4, -0.2) is 38.6 Å². The fraction of sp³-hybridized carbons (Fsp3) is 0.348. The van der Waals surface area contributed by atoms with Crippen LogP contribution in [0.15, 0.2) is 245 Å². The molecule has 12 rings (SSSR count). The molecule has 0 fully saturated rings. The van der Waals surface area contributed by atoms with Gasteiger partial charge in [0.2, 0.25) is 0 Å². The lowest BCUT2D eigenvalue weighted by atomic mass is 9.97. The molecule has 0 N–H and O–H groups in total. The second kappa shape index (κ2) is 42.9. The lowest BCUT2D eigenvalue weighted by Crippen LogP contribution is -2.31. The number of thioether (sulfide) groups is 4. The van der Waals surface area contributed by atoms with Gasteiger partial charge < -0.3 is 37.9 Å². The van der Waals surface area contributed by atoms with Gasteiger partial charge in [0.25, 0.3) is 0 Å². The Morgan fingerprint density at radius 1 is 0.333 bits per heavy atom. The molecule has 0 bridgehead atoms. The van der Waals surface area contributed by atoms with Gasteiger partial charge in [-0.3, -0.25) is 0 Å². The van der Waals surface area contributed by atoms with Crippen LogP contribution in [0.5, 0.6) is 31.8 Å². The highest BCUT2D eigenvalue weighted by molar-refractivity contribution is 8.16. The van der Waals surface area contributed by atoms with E-state index in [1.54, 1.807) is 45.3 Å². The van der Waals surface area contributed by atoms with Crippen molar-refractivity contribution in [3.8, 4) is 31.8 Å². The van der Waals surface area contributed by atoms with Gasteiger partial charge in [-0.1, -0.05) is 184 Å². The Hall–Kier alpha value is -6.54. The number of hydrogen-bond acceptors (Lipinski definition) is 16. The molecule has 7 aromatic rings. The molecule has 554 valence electrons. The summed E-state index contributed by atoms with van der Waals surface area (Å²) >= 11 is 12.8. The molecule has 5 aliphatic rings. The molecule has 8 nitrogen and oxygen atoms in total. The quantitative estimate of drug-likeness (QED) is 0.0351. The highest BCUT2D eigenvalue weighted by atomic mass is 32.2. The molecule has 3 aromatic carbocycles. The van der Waals surface area contributed by atoms with Crippen molar-refractivity contribution in [2.24, 2.45) is 0 Å². The first-order valence-electron chi connectivity index (χ1n) is 37.0. The van der Waals surface area contributed by atoms with Crippen molar-refractivity contribution in [2.75, 3.05) is 26.4 Å². The minimum absolute atomic E-state index is 0. The molecule has 2 unspecified atom stereocenters. The van der Waals surface area contributed by atoms with E-state index in [-0.39, 0.29) is 19.6 Å². The molecule has 4 aromatic heterocycles. The van der Waals surface area contributed by atoms with E-state index in [1.165, 1.54) is 170 Å². The summed E-state index contributed by atoms with van der Waals surface area (Å²) in [5.41, 5.74) is 14.2. The molecule has 8 heterocycles. The molecule has 1 aliphatic carbocycles. The minimum atomic E-state index is -0.158. The second-order valence-corrected chi connectivity index (χ2v) is 33.9. The summed E-state index contributed by atoms with van der Waals surface area (Å²) in [4.78, 5) is 4.87. The third-order valence-corrected chi connectivity index (χ3v) is 24.8. The average Bonchev–Trinajstić information content (AvgIpc) is 1.67. The predicted octanol–water partition coefficient (Wildman–Crippen LogP) is 28.7. The zero-order valence-corrected chi connectivity index (χ0v) is 67.8. The summed E-state index contributed by atoms with van der Waals surface area (Å²) in [7, 11) is 0. The Bertz CT molecular complexity index is 4030. The van der Waals surface area contributed by atoms with Gasteiger partial charge in [-0.25, -0.2) is 0 Å². The van der Waals surface area contributed by atoms with Crippen LogP contribution < -0.4 is 28.4 Å². The number of ether oxygens (including phenoxy) is 8. The zero-order chi connectivity index (χ0) is 72.2. The van der Waals surface area contributed by atoms with E-state index < -0.39 is 0 Å². The van der Waals surface area contributed by atoms with Crippen LogP contribution in [0.4, 0.5) is 0 Å². The van der Waals surface area contributed by atoms with Crippen molar-refractivity contribution in [3.63, 3.8) is 0 Å². The van der Waals surface area contributed by atoms with Gasteiger partial charge in [0.1, 0.15) is 12.2 Å². The second-order valence-electron chi connectivity index (χ2n) is 26.1. The number of unbranched alkanes of at least 4 members (excludes halogenated alkanes) is 12. The van der Waals surface area contributed by atoms with Gasteiger partial charge in [0, 0.05) is 32.8 Å². The Kier molecular flexibility index (Phi) is 33.1. The molecular weight excluding hydrogens is 1450 g/mol. The Morgan fingerprint density at radius 2 is 0.695 bits per heavy atom. The summed E-state index contributed by atoms with van der Waals surface area (Å²) in [5.74, 6) is 1.66. The third-order valence-electron chi connectivity index (χ3n) is 17.9. The van der Waals surface area contributed by atoms with Gasteiger partial charge in [0.15, 0.2) is 52.1 Å². The molecule has 16 heteroatoms. The van der Waals surface area contributed by atoms with Crippen molar-refractivity contribution in [1.29, 1.82) is 0 Å². The monoisotopic (exact) mass is 1550 g/mol. The van der Waals surface area contributed by atoms with E-state index in [0.717, 1.165) is 108 Å². The largest absolute Gasteiger partial charge is 0.490 e. The Morgan fingerprint density at radius 3 is 1.10 bits per heavy atom. The lowest BCUT2D eigenvalue weighted by Gasteiger charge is -2.28. The zero-order valence-electron chi connectivity index (χ0n) is 61.3. The number of rotatable bonds is 36. The molecular formula is C89H102O8S8. The topological polar surface area (TPSA) is 73.8 Å². The molecule has 4 aliphatic heterocycles. The number of thiophene rings is 4. The van der Waals surface area contributed by atoms with Crippen molar-refractivity contribution in [3.05, 3.63) is 284 Å². The summed E-state index contributed by atoms with van der Waals surface area (Å²) in [6.45, 7) is 20.7. The van der Waals surface area contributed by atoms with Crippen molar-refractivity contribution < 1.29 is 37.9 Å². The summed E-state index contributed by atoms with van der Waals surface area (Å²) < 4.78 is 51.1. The van der Waals surface area contributed by atoms with Crippen LogP contribution >= 0.6 is 92.4 Å². The van der Waals surface area contributed by atoms with Crippen molar-refractivity contribution in [2.45, 2.75) is 178 Å². The maximum absolute atomic E-state index is 6.73. The number of allylic oxidation sites excluding steroid dienone is 14. The standard InChI is InChI=1S/C62H82O4S2.C26H16O4S6.CH4/c1-9-13-17-21-33-63-55-31-29-51(39-57(55)65-35-23-19-15-11-3)61-43-54(44-62(68-61)52-30-32-56(64-34-22-18-14-10-2)58(40-52)66-36-24-20-16-12-4)53-41-59(49-27-25-45(5)47(7)37-49)67-60(42-53)50-28-26-46(6)48(8)38-50;1-5-19(31-9-1)27-23-13-17(14-24(35-23)28-20-6-2-10-32-20)18-15-25(29-21-7-3-11-33-21)36-26(16-18)30-22-8-4-12-34-22;/h25-32,37-44,55,57H,9-24,33-36H2,1-8H3;1-16H;1H4. The molecule has 0 amide bonds. The first-order valence-corrected chi connectivity index (χ1v) is 43.7. The van der Waals surface area contributed by atoms with Crippen LogP contribution in [0.2, 0.25) is 0 Å². The fourth-order valence-electron chi connectivity index (χ4n) is 11.7. The SMILES string of the molecule is C.C1=C(Oc2cccs2)SC(Oc2cccs2)=CC1=C1C=C(Oc2cccs2)SC(Oc2cccs2)=C1.CCCCCCOc1ccc(C2=CC(=C3C=C(c4ccc(C)c(C)c4)SC(c4ccc(C)c(C)c4)=C3)C=C(C3=CC(OCCCCCC)C(OCCCCCC)C=C3)S2)cc1OCCCCCC. The minimum Gasteiger partial charge on any atom is -0.490 e. The maximum Gasteiger partial charge on any atom is 0.181 e. The molecule has 2 atom stereocenters. The predicted molar refractivity (Wildman–Crippen MR) is 458 cm³/mol. The Labute approximate surface area is 659 Å². The van der Waals surface area contributed by atoms with E-state index in [2.05, 4.69) is 153 Å². The van der Waals surface area contributed by atoms with Gasteiger partial charge in [-0.2, -0.15) is 0 Å². The van der Waals surface area contributed by atoms with Crippen LogP contribution in [0.25, 0.3) is 14.7 Å². The number of benzene rings is 3. The van der Waals surface area contributed by atoms with Crippen LogP contribution in [0.1, 0.15) is 177 Å². The number of hydrogen-bond donors (Lipinski definition) is 0. The highest BCUT2D eigenvalue weighted by Crippen LogP contribution is 2.50. The lowest BCUT2D eigenvalue weighted by molar-refractivity contribution is -0.0322. The van der Waals surface area contributed by atoms with E-state index in [0.29, 0.717) is 13.2 Å². The van der Waals surface area contributed by atoms with E-state index >= 15 is 0 Å². The summed E-state index contributed by atoms with van der Waals surface area (Å²) in [6.07, 6.45) is 43.0. The maximum atomic E-state index is 6.73. The van der Waals surface area contributed by atoms with Gasteiger partial charge >= 0.3 is 0 Å². The first kappa shape index (κ1) is 81.0. The number of aryl methyl sites for hydroxylation is 4. The van der Waals surface area contributed by atoms with E-state index in [1.807, 2.05) is 118 Å². The fourth-order valence-corrected chi connectivity index (χ4v) is 18.2. The van der Waals surface area contributed by atoms with Gasteiger partial charge in [-0.05, 0) is 287 Å². The molecule has 0 spiro atoms. The van der Waals surface area contributed by atoms with Crippen LogP contribution in [0, 0.1) is 27.7 Å². The molecule has 105 heavy (non-hydrogen) atoms. The van der Waals surface area contributed by atoms with Gasteiger partial charge in [0.05, 0.1) is 13.2 Å². The van der Waals surface area contributed by atoms with Crippen LogP contribution in [0.3, 0.4) is 0 Å². The van der Waals surface area contributed by atoms with Crippen LogP contribution in [-0.2, 0) is 9.47 Å². The molecule has 0 saturated carbocycles. The van der Waals surface area contributed by atoms with Crippen molar-refractivity contribution >= 4 is 107 Å². The Balaban J connectivity index is 0.000000266. The third kappa shape index (κ3) is 24.7. The highest BCUT2D eigenvalue weighted by Gasteiger charge is 2.28. The van der Waals surface area contributed by atoms with E-state index in [4.69, 9.17) is 37.9 Å². The summed E-state index contributed by atoms with van der Waals surface area (Å²) in [5, 5.41) is 14.2. The molecule has 0 saturated heterocycles. The smallest absolute Gasteiger partial charge is 0.181 e. The van der Waals surface area contributed by atoms with Gasteiger partial charge in [-0.15, -0.1) is 45.3 Å². The average molecular weight is 1560 g/mol. The first-order chi connectivity index (χ1) is 51.0.